The third-order valence-electron chi connectivity index (χ3n) is 3.03. The maximum absolute atomic E-state index is 11.0. The van der Waals surface area contributed by atoms with Gasteiger partial charge in [-0.15, -0.1) is 0 Å². The lowest BCUT2D eigenvalue weighted by molar-refractivity contribution is -0.139. The first-order valence-corrected chi connectivity index (χ1v) is 3.84. The SMILES string of the molecule is C[C@@H]1C(=O)[C@H]2CCC[C@@H]12. The average molecular weight is 124 g/mol. The Balaban J connectivity index is 2.14. The quantitative estimate of drug-likeness (QED) is 0.479. The van der Waals surface area contributed by atoms with Gasteiger partial charge in [0.2, 0.25) is 0 Å². The minimum Gasteiger partial charge on any atom is -0.299 e. The largest absolute Gasteiger partial charge is 0.299 e. The summed E-state index contributed by atoms with van der Waals surface area (Å²) in [5, 5.41) is 0. The Bertz CT molecular complexity index is 151. The average Bonchev–Trinajstić information content (AvgIpc) is 2.30. The van der Waals surface area contributed by atoms with Gasteiger partial charge in [0.25, 0.3) is 0 Å². The van der Waals surface area contributed by atoms with E-state index in [9.17, 15) is 4.79 Å². The molecule has 0 heterocycles. The third kappa shape index (κ3) is 0.525. The van der Waals surface area contributed by atoms with E-state index in [1.54, 1.807) is 0 Å². The molecule has 0 N–H and O–H groups in total. The lowest BCUT2D eigenvalue weighted by atomic mass is 9.66. The fourth-order valence-corrected chi connectivity index (χ4v) is 2.37. The van der Waals surface area contributed by atoms with Crippen LogP contribution in [0.4, 0.5) is 0 Å². The van der Waals surface area contributed by atoms with Crippen molar-refractivity contribution >= 4 is 5.78 Å². The van der Waals surface area contributed by atoms with E-state index in [1.807, 2.05) is 0 Å². The monoisotopic (exact) mass is 124 g/mol. The molecule has 0 radical (unpaired) electrons. The lowest BCUT2D eigenvalue weighted by Crippen LogP contribution is -2.42. The molecule has 0 bridgehead atoms. The number of carbonyl (C=O) groups is 1. The van der Waals surface area contributed by atoms with E-state index in [1.165, 1.54) is 19.3 Å². The first-order valence-electron chi connectivity index (χ1n) is 3.84. The second-order valence-electron chi connectivity index (χ2n) is 3.39. The molecule has 0 spiro atoms. The van der Waals surface area contributed by atoms with E-state index in [0.29, 0.717) is 17.6 Å². The van der Waals surface area contributed by atoms with Crippen molar-refractivity contribution in [1.29, 1.82) is 0 Å². The Morgan fingerprint density at radius 1 is 1.44 bits per heavy atom. The number of hydrogen-bond acceptors (Lipinski definition) is 1. The molecule has 1 heteroatoms. The number of Topliss-reactive ketones (excluding diaryl/α,β-unsaturated/α-hetero) is 1. The molecule has 0 aromatic heterocycles. The first-order chi connectivity index (χ1) is 4.30. The van der Waals surface area contributed by atoms with Crippen LogP contribution in [0.5, 0.6) is 0 Å². The zero-order valence-corrected chi connectivity index (χ0v) is 5.76. The number of hydrogen-bond donors (Lipinski definition) is 0. The van der Waals surface area contributed by atoms with Gasteiger partial charge >= 0.3 is 0 Å². The van der Waals surface area contributed by atoms with Crippen molar-refractivity contribution in [3.63, 3.8) is 0 Å². The molecule has 9 heavy (non-hydrogen) atoms. The maximum Gasteiger partial charge on any atom is 0.139 e. The minimum atomic E-state index is 0.414. The molecule has 0 saturated heterocycles. The maximum atomic E-state index is 11.0. The van der Waals surface area contributed by atoms with Gasteiger partial charge in [-0.3, -0.25) is 4.79 Å². The molecule has 0 aromatic rings. The van der Waals surface area contributed by atoms with Gasteiger partial charge in [-0.05, 0) is 18.8 Å². The number of fused-ring (bicyclic) bond motifs is 1. The van der Waals surface area contributed by atoms with Crippen molar-refractivity contribution in [3.8, 4) is 0 Å². The third-order valence-corrected chi connectivity index (χ3v) is 3.03. The van der Waals surface area contributed by atoms with Crippen LogP contribution in [0.25, 0.3) is 0 Å². The van der Waals surface area contributed by atoms with Crippen LogP contribution in [0, 0.1) is 17.8 Å². The van der Waals surface area contributed by atoms with Crippen LogP contribution < -0.4 is 0 Å². The summed E-state index contributed by atoms with van der Waals surface area (Å²) in [7, 11) is 0. The standard InChI is InChI=1S/C8H12O/c1-5-6-3-2-4-7(6)8(5)9/h5-7H,2-4H2,1H3/t5-,6-,7-/m0/s1. The molecular formula is C8H12O. The summed E-state index contributed by atoms with van der Waals surface area (Å²) >= 11 is 0. The Labute approximate surface area is 55.4 Å². The molecular weight excluding hydrogens is 112 g/mol. The fourth-order valence-electron chi connectivity index (χ4n) is 2.37. The van der Waals surface area contributed by atoms with Crippen molar-refractivity contribution in [3.05, 3.63) is 0 Å². The molecule has 0 aliphatic heterocycles. The van der Waals surface area contributed by atoms with Crippen LogP contribution in [0.2, 0.25) is 0 Å². The van der Waals surface area contributed by atoms with Gasteiger partial charge in [0, 0.05) is 11.8 Å². The van der Waals surface area contributed by atoms with Gasteiger partial charge in [-0.25, -0.2) is 0 Å². The summed E-state index contributed by atoms with van der Waals surface area (Å²) in [6.07, 6.45) is 3.80. The summed E-state index contributed by atoms with van der Waals surface area (Å²) in [5.41, 5.74) is 0. The first kappa shape index (κ1) is 5.45. The van der Waals surface area contributed by atoms with Gasteiger partial charge in [-0.2, -0.15) is 0 Å². The Hall–Kier alpha value is -0.330. The highest BCUT2D eigenvalue weighted by atomic mass is 16.1. The van der Waals surface area contributed by atoms with E-state index in [2.05, 4.69) is 6.92 Å². The Morgan fingerprint density at radius 3 is 2.89 bits per heavy atom. The second kappa shape index (κ2) is 1.59. The highest BCUT2D eigenvalue weighted by molar-refractivity contribution is 5.90. The number of ketones is 1. The lowest BCUT2D eigenvalue weighted by Gasteiger charge is -2.35. The van der Waals surface area contributed by atoms with Gasteiger partial charge in [0.15, 0.2) is 0 Å². The summed E-state index contributed by atoms with van der Waals surface area (Å²) in [6, 6.07) is 0. The highest BCUT2D eigenvalue weighted by Crippen LogP contribution is 2.47. The fraction of sp³-hybridized carbons (Fsp3) is 0.875. The topological polar surface area (TPSA) is 17.1 Å². The van der Waals surface area contributed by atoms with E-state index < -0.39 is 0 Å². The number of rotatable bonds is 0. The minimum absolute atomic E-state index is 0.414. The molecule has 2 aliphatic carbocycles. The van der Waals surface area contributed by atoms with Crippen molar-refractivity contribution < 1.29 is 4.79 Å². The smallest absolute Gasteiger partial charge is 0.139 e. The Kier molecular flexibility index (Phi) is 0.961. The molecule has 3 atom stereocenters. The van der Waals surface area contributed by atoms with Crippen molar-refractivity contribution in [2.75, 3.05) is 0 Å². The van der Waals surface area contributed by atoms with Gasteiger partial charge < -0.3 is 0 Å². The molecule has 2 saturated carbocycles. The van der Waals surface area contributed by atoms with Crippen molar-refractivity contribution in [2.24, 2.45) is 17.8 Å². The summed E-state index contributed by atoms with van der Waals surface area (Å²) in [4.78, 5) is 11.0. The molecule has 1 nitrogen and oxygen atoms in total. The van der Waals surface area contributed by atoms with E-state index in [4.69, 9.17) is 0 Å². The number of carbonyl (C=O) groups excluding carboxylic acids is 1. The molecule has 0 amide bonds. The predicted octanol–water partition coefficient (Wildman–Crippen LogP) is 1.62. The van der Waals surface area contributed by atoms with E-state index in [0.717, 1.165) is 5.92 Å². The van der Waals surface area contributed by atoms with Crippen LogP contribution in [-0.2, 0) is 4.79 Å². The van der Waals surface area contributed by atoms with Crippen LogP contribution in [0.15, 0.2) is 0 Å². The van der Waals surface area contributed by atoms with Crippen LogP contribution in [-0.4, -0.2) is 5.78 Å². The second-order valence-corrected chi connectivity index (χ2v) is 3.39. The van der Waals surface area contributed by atoms with E-state index in [-0.39, 0.29) is 0 Å². The molecule has 0 unspecified atom stereocenters. The molecule has 50 valence electrons. The van der Waals surface area contributed by atoms with Crippen LogP contribution in [0.3, 0.4) is 0 Å². The van der Waals surface area contributed by atoms with Crippen molar-refractivity contribution in [2.45, 2.75) is 26.2 Å². The molecule has 2 fully saturated rings. The van der Waals surface area contributed by atoms with Crippen LogP contribution in [0.1, 0.15) is 26.2 Å². The summed E-state index contributed by atoms with van der Waals surface area (Å²) in [5.74, 6) is 2.24. The predicted molar refractivity (Wildman–Crippen MR) is 35.0 cm³/mol. The molecule has 0 aromatic carbocycles. The zero-order chi connectivity index (χ0) is 6.43. The highest BCUT2D eigenvalue weighted by Gasteiger charge is 2.48. The van der Waals surface area contributed by atoms with Gasteiger partial charge in [-0.1, -0.05) is 13.3 Å². The summed E-state index contributed by atoms with van der Waals surface area (Å²) < 4.78 is 0. The van der Waals surface area contributed by atoms with Gasteiger partial charge in [0.1, 0.15) is 5.78 Å². The Morgan fingerprint density at radius 2 is 2.22 bits per heavy atom. The molecule has 2 aliphatic rings. The van der Waals surface area contributed by atoms with Gasteiger partial charge in [0.05, 0.1) is 0 Å². The molecule has 2 rings (SSSR count). The van der Waals surface area contributed by atoms with E-state index >= 15 is 0 Å². The normalized spacial score (nSPS) is 48.6. The van der Waals surface area contributed by atoms with Crippen molar-refractivity contribution in [1.82, 2.24) is 0 Å². The van der Waals surface area contributed by atoms with Crippen LogP contribution >= 0.6 is 0 Å². The summed E-state index contributed by atoms with van der Waals surface area (Å²) in [6.45, 7) is 2.08. The zero-order valence-electron chi connectivity index (χ0n) is 5.76.